The second-order valence-corrected chi connectivity index (χ2v) is 4.96. The van der Waals surface area contributed by atoms with E-state index < -0.39 is 0 Å². The Morgan fingerprint density at radius 1 is 1.33 bits per heavy atom. The van der Waals surface area contributed by atoms with Gasteiger partial charge in [-0.3, -0.25) is 9.59 Å². The van der Waals surface area contributed by atoms with E-state index in [9.17, 15) is 9.59 Å². The van der Waals surface area contributed by atoms with Crippen molar-refractivity contribution in [3.63, 3.8) is 0 Å². The first-order valence-corrected chi connectivity index (χ1v) is 7.37. The summed E-state index contributed by atoms with van der Waals surface area (Å²) in [5.74, 6) is 0.226. The molecule has 0 aliphatic carbocycles. The second kappa shape index (κ2) is 9.23. The molecule has 1 rings (SSSR count). The Balaban J connectivity index is 2.59. The molecule has 0 fully saturated rings. The maximum Gasteiger partial charge on any atom is 0.255 e. The normalized spacial score (nSPS) is 10.0. The largest absolute Gasteiger partial charge is 0.493 e. The molecule has 0 atom stereocenters. The van der Waals surface area contributed by atoms with Crippen LogP contribution in [0.2, 0.25) is 5.02 Å². The Bertz CT molecular complexity index is 492. The van der Waals surface area contributed by atoms with Gasteiger partial charge in [-0.2, -0.15) is 0 Å². The van der Waals surface area contributed by atoms with E-state index in [1.807, 2.05) is 6.92 Å². The number of benzene rings is 1. The van der Waals surface area contributed by atoms with E-state index >= 15 is 0 Å². The molecule has 0 bridgehead atoms. The van der Waals surface area contributed by atoms with Gasteiger partial charge in [0.25, 0.3) is 5.91 Å². The number of ether oxygens (including phenoxy) is 1. The zero-order chi connectivity index (χ0) is 15.7. The van der Waals surface area contributed by atoms with E-state index in [0.717, 1.165) is 6.42 Å². The van der Waals surface area contributed by atoms with Gasteiger partial charge in [0.15, 0.2) is 0 Å². The van der Waals surface area contributed by atoms with Crippen LogP contribution in [0.25, 0.3) is 0 Å². The molecule has 0 spiro atoms. The first-order chi connectivity index (χ1) is 10.1. The van der Waals surface area contributed by atoms with Gasteiger partial charge in [0, 0.05) is 25.0 Å². The highest BCUT2D eigenvalue weighted by atomic mass is 35.5. The van der Waals surface area contributed by atoms with Crippen LogP contribution in [0, 0.1) is 0 Å². The molecule has 0 heterocycles. The van der Waals surface area contributed by atoms with E-state index in [1.54, 1.807) is 25.2 Å². The summed E-state index contributed by atoms with van der Waals surface area (Å²) in [6.07, 6.45) is 1.82. The molecule has 5 nitrogen and oxygen atoms in total. The van der Waals surface area contributed by atoms with Crippen LogP contribution in [0.15, 0.2) is 18.2 Å². The number of carbonyl (C=O) groups excluding carboxylic acids is 2. The van der Waals surface area contributed by atoms with E-state index in [2.05, 4.69) is 10.6 Å². The maximum absolute atomic E-state index is 12.1. The number of nitrogens with one attached hydrogen (secondary N) is 2. The van der Waals surface area contributed by atoms with Gasteiger partial charge in [-0.25, -0.2) is 0 Å². The number of carbonyl (C=O) groups is 2. The molecule has 0 unspecified atom stereocenters. The van der Waals surface area contributed by atoms with Crippen molar-refractivity contribution in [2.24, 2.45) is 0 Å². The molecule has 1 aromatic carbocycles. The lowest BCUT2D eigenvalue weighted by molar-refractivity contribution is -0.120. The minimum atomic E-state index is -0.250. The van der Waals surface area contributed by atoms with Gasteiger partial charge in [0.1, 0.15) is 5.75 Å². The van der Waals surface area contributed by atoms with Gasteiger partial charge in [-0.05, 0) is 31.0 Å². The third-order valence-corrected chi connectivity index (χ3v) is 3.03. The topological polar surface area (TPSA) is 67.4 Å². The molecule has 0 aliphatic rings. The monoisotopic (exact) mass is 312 g/mol. The third kappa shape index (κ3) is 6.04. The minimum Gasteiger partial charge on any atom is -0.493 e. The summed E-state index contributed by atoms with van der Waals surface area (Å²) >= 11 is 5.93. The molecule has 1 aromatic rings. The van der Waals surface area contributed by atoms with Crippen LogP contribution in [0.1, 0.15) is 36.5 Å². The Morgan fingerprint density at radius 2 is 2.10 bits per heavy atom. The highest BCUT2D eigenvalue weighted by Gasteiger charge is 2.13. The number of hydrogen-bond acceptors (Lipinski definition) is 3. The van der Waals surface area contributed by atoms with Crippen LogP contribution in [-0.4, -0.2) is 32.0 Å². The predicted octanol–water partition coefficient (Wildman–Crippen LogP) is 2.38. The fourth-order valence-electron chi connectivity index (χ4n) is 1.69. The Labute approximate surface area is 130 Å². The SMILES string of the molecule is CCCOc1ccc(Cl)cc1C(=O)NCCCC(=O)NC. The van der Waals surface area contributed by atoms with Crippen LogP contribution < -0.4 is 15.4 Å². The molecule has 0 aromatic heterocycles. The van der Waals surface area contributed by atoms with E-state index in [1.165, 1.54) is 0 Å². The predicted molar refractivity (Wildman–Crippen MR) is 82.9 cm³/mol. The second-order valence-electron chi connectivity index (χ2n) is 4.52. The van der Waals surface area contributed by atoms with Gasteiger partial charge < -0.3 is 15.4 Å². The lowest BCUT2D eigenvalue weighted by Gasteiger charge is -2.11. The van der Waals surface area contributed by atoms with Crippen molar-refractivity contribution < 1.29 is 14.3 Å². The molecular formula is C15H21ClN2O3. The summed E-state index contributed by atoms with van der Waals surface area (Å²) in [7, 11) is 1.59. The molecule has 0 radical (unpaired) electrons. The van der Waals surface area contributed by atoms with Crippen molar-refractivity contribution in [1.29, 1.82) is 0 Å². The molecule has 116 valence electrons. The van der Waals surface area contributed by atoms with Crippen LogP contribution in [0.4, 0.5) is 0 Å². The fraction of sp³-hybridized carbons (Fsp3) is 0.467. The van der Waals surface area contributed by atoms with Crippen molar-refractivity contribution in [2.75, 3.05) is 20.2 Å². The zero-order valence-corrected chi connectivity index (χ0v) is 13.1. The lowest BCUT2D eigenvalue weighted by atomic mass is 10.2. The standard InChI is InChI=1S/C15H21ClN2O3/c1-3-9-21-13-7-6-11(16)10-12(13)15(20)18-8-4-5-14(19)17-2/h6-7,10H,3-5,8-9H2,1-2H3,(H,17,19)(H,18,20). The third-order valence-electron chi connectivity index (χ3n) is 2.79. The molecule has 0 aliphatic heterocycles. The quantitative estimate of drug-likeness (QED) is 0.724. The highest BCUT2D eigenvalue weighted by molar-refractivity contribution is 6.31. The zero-order valence-electron chi connectivity index (χ0n) is 12.4. The summed E-state index contributed by atoms with van der Waals surface area (Å²) in [4.78, 5) is 23.2. The van der Waals surface area contributed by atoms with Gasteiger partial charge in [0.05, 0.1) is 12.2 Å². The Morgan fingerprint density at radius 3 is 2.76 bits per heavy atom. The maximum atomic E-state index is 12.1. The number of hydrogen-bond donors (Lipinski definition) is 2. The van der Waals surface area contributed by atoms with Crippen LogP contribution >= 0.6 is 11.6 Å². The molecule has 2 amide bonds. The summed E-state index contributed by atoms with van der Waals surface area (Å²) in [5.41, 5.74) is 0.413. The van der Waals surface area contributed by atoms with Crippen molar-refractivity contribution in [3.05, 3.63) is 28.8 Å². The van der Waals surface area contributed by atoms with Gasteiger partial charge in [-0.1, -0.05) is 18.5 Å². The number of amides is 2. The summed E-state index contributed by atoms with van der Waals surface area (Å²) in [5, 5.41) is 5.78. The molecule has 0 saturated carbocycles. The van der Waals surface area contributed by atoms with Crippen molar-refractivity contribution in [3.8, 4) is 5.75 Å². The molecule has 2 N–H and O–H groups in total. The van der Waals surface area contributed by atoms with Crippen LogP contribution in [0.3, 0.4) is 0 Å². The van der Waals surface area contributed by atoms with Gasteiger partial charge >= 0.3 is 0 Å². The number of halogens is 1. The van der Waals surface area contributed by atoms with E-state index in [0.29, 0.717) is 42.3 Å². The lowest BCUT2D eigenvalue weighted by Crippen LogP contribution is -2.26. The van der Waals surface area contributed by atoms with E-state index in [-0.39, 0.29) is 11.8 Å². The first kappa shape index (κ1) is 17.3. The molecular weight excluding hydrogens is 292 g/mol. The van der Waals surface area contributed by atoms with E-state index in [4.69, 9.17) is 16.3 Å². The Kier molecular flexibility index (Phi) is 7.61. The molecule has 0 saturated heterocycles. The summed E-state index contributed by atoms with van der Waals surface area (Å²) < 4.78 is 5.54. The van der Waals surface area contributed by atoms with Crippen molar-refractivity contribution >= 4 is 23.4 Å². The van der Waals surface area contributed by atoms with Crippen molar-refractivity contribution in [1.82, 2.24) is 10.6 Å². The fourth-order valence-corrected chi connectivity index (χ4v) is 1.86. The van der Waals surface area contributed by atoms with Gasteiger partial charge in [-0.15, -0.1) is 0 Å². The Hall–Kier alpha value is -1.75. The average Bonchev–Trinajstić information content (AvgIpc) is 2.49. The number of rotatable bonds is 8. The smallest absolute Gasteiger partial charge is 0.255 e. The summed E-state index contributed by atoms with van der Waals surface area (Å²) in [6, 6.07) is 4.97. The highest BCUT2D eigenvalue weighted by Crippen LogP contribution is 2.23. The molecule has 21 heavy (non-hydrogen) atoms. The van der Waals surface area contributed by atoms with Crippen LogP contribution in [-0.2, 0) is 4.79 Å². The van der Waals surface area contributed by atoms with Crippen molar-refractivity contribution in [2.45, 2.75) is 26.2 Å². The minimum absolute atomic E-state index is 0.0426. The summed E-state index contributed by atoms with van der Waals surface area (Å²) in [6.45, 7) is 2.96. The van der Waals surface area contributed by atoms with Gasteiger partial charge in [0.2, 0.25) is 5.91 Å². The first-order valence-electron chi connectivity index (χ1n) is 6.99. The molecule has 6 heteroatoms. The van der Waals surface area contributed by atoms with Crippen LogP contribution in [0.5, 0.6) is 5.75 Å². The average molecular weight is 313 g/mol.